The Kier molecular flexibility index (Phi) is 5.37. The lowest BCUT2D eigenvalue weighted by molar-refractivity contribution is 0.245. The van der Waals surface area contributed by atoms with E-state index in [1.807, 2.05) is 19.2 Å². The molecule has 0 saturated carbocycles. The Hall–Kier alpha value is -2.05. The maximum absolute atomic E-state index is 6.15. The second-order valence-corrected chi connectivity index (χ2v) is 6.05. The molecule has 2 heterocycles. The third-order valence-corrected chi connectivity index (χ3v) is 4.58. The van der Waals surface area contributed by atoms with Gasteiger partial charge in [-0.2, -0.15) is 0 Å². The van der Waals surface area contributed by atoms with E-state index in [4.69, 9.17) is 16.3 Å². The van der Waals surface area contributed by atoms with Crippen LogP contribution in [0.1, 0.15) is 5.56 Å². The van der Waals surface area contributed by atoms with Gasteiger partial charge in [0.15, 0.2) is 11.0 Å². The molecule has 128 valence electrons. The standard InChI is InChI=1S/C17H22ClN5O/c1-19-15-16(18)20-12-21-17(15)23-9-7-22(8-10-23)11-13-5-3-4-6-14(13)24-2/h3-6,12,19H,7-11H2,1-2H3. The summed E-state index contributed by atoms with van der Waals surface area (Å²) in [6.07, 6.45) is 1.51. The predicted octanol–water partition coefficient (Wildman–Crippen LogP) is 2.50. The zero-order chi connectivity index (χ0) is 16.9. The van der Waals surface area contributed by atoms with Crippen LogP contribution < -0.4 is 15.0 Å². The van der Waals surface area contributed by atoms with Crippen molar-refractivity contribution < 1.29 is 4.74 Å². The van der Waals surface area contributed by atoms with Gasteiger partial charge >= 0.3 is 0 Å². The molecule has 0 spiro atoms. The Morgan fingerprint density at radius 3 is 2.62 bits per heavy atom. The van der Waals surface area contributed by atoms with Gasteiger partial charge in [0.2, 0.25) is 0 Å². The van der Waals surface area contributed by atoms with E-state index in [1.54, 1.807) is 7.11 Å². The molecule has 0 radical (unpaired) electrons. The van der Waals surface area contributed by atoms with Gasteiger partial charge in [-0.3, -0.25) is 4.90 Å². The summed E-state index contributed by atoms with van der Waals surface area (Å²) in [5.41, 5.74) is 2.01. The topological polar surface area (TPSA) is 53.5 Å². The van der Waals surface area contributed by atoms with Crippen molar-refractivity contribution in [3.05, 3.63) is 41.3 Å². The molecule has 2 aromatic rings. The van der Waals surface area contributed by atoms with Crippen molar-refractivity contribution in [3.63, 3.8) is 0 Å². The minimum absolute atomic E-state index is 0.457. The molecule has 1 N–H and O–H groups in total. The van der Waals surface area contributed by atoms with E-state index in [0.29, 0.717) is 5.15 Å². The second kappa shape index (κ2) is 7.68. The van der Waals surface area contributed by atoms with Gasteiger partial charge in [0.1, 0.15) is 17.8 Å². The van der Waals surface area contributed by atoms with E-state index in [-0.39, 0.29) is 0 Å². The first kappa shape index (κ1) is 16.8. The van der Waals surface area contributed by atoms with Crippen molar-refractivity contribution in [2.24, 2.45) is 0 Å². The number of hydrogen-bond acceptors (Lipinski definition) is 6. The van der Waals surface area contributed by atoms with Crippen LogP contribution in [0.15, 0.2) is 30.6 Å². The maximum atomic E-state index is 6.15. The van der Waals surface area contributed by atoms with Crippen molar-refractivity contribution in [1.29, 1.82) is 0 Å². The van der Waals surface area contributed by atoms with Crippen LogP contribution in [-0.4, -0.2) is 55.2 Å². The minimum Gasteiger partial charge on any atom is -0.496 e. The SMILES string of the molecule is CNc1c(Cl)ncnc1N1CCN(Cc2ccccc2OC)CC1. The average Bonchev–Trinajstić information content (AvgIpc) is 2.62. The first-order valence-electron chi connectivity index (χ1n) is 8.00. The van der Waals surface area contributed by atoms with E-state index in [1.165, 1.54) is 11.9 Å². The highest BCUT2D eigenvalue weighted by Crippen LogP contribution is 2.29. The molecule has 3 rings (SSSR count). The zero-order valence-electron chi connectivity index (χ0n) is 14.0. The van der Waals surface area contributed by atoms with E-state index >= 15 is 0 Å². The molecule has 1 fully saturated rings. The Bertz CT molecular complexity index is 688. The number of methoxy groups -OCH3 is 1. The molecule has 0 amide bonds. The fourth-order valence-electron chi connectivity index (χ4n) is 3.00. The van der Waals surface area contributed by atoms with Crippen molar-refractivity contribution in [2.75, 3.05) is 50.6 Å². The number of ether oxygens (including phenoxy) is 1. The molecule has 1 saturated heterocycles. The summed E-state index contributed by atoms with van der Waals surface area (Å²) in [5, 5.41) is 3.56. The molecular formula is C17H22ClN5O. The minimum atomic E-state index is 0.457. The Morgan fingerprint density at radius 1 is 1.17 bits per heavy atom. The number of para-hydroxylation sites is 1. The number of benzene rings is 1. The highest BCUT2D eigenvalue weighted by molar-refractivity contribution is 6.32. The molecule has 1 aromatic heterocycles. The number of rotatable bonds is 5. The van der Waals surface area contributed by atoms with Crippen molar-refractivity contribution in [2.45, 2.75) is 6.54 Å². The summed E-state index contributed by atoms with van der Waals surface area (Å²) >= 11 is 6.15. The molecule has 0 atom stereocenters. The van der Waals surface area contributed by atoms with Gasteiger partial charge in [-0.15, -0.1) is 0 Å². The number of piperazine rings is 1. The average molecular weight is 348 g/mol. The highest BCUT2D eigenvalue weighted by atomic mass is 35.5. The molecule has 0 aliphatic carbocycles. The van der Waals surface area contributed by atoms with Crippen LogP contribution in [0.5, 0.6) is 5.75 Å². The Morgan fingerprint density at radius 2 is 1.92 bits per heavy atom. The molecule has 6 nitrogen and oxygen atoms in total. The van der Waals surface area contributed by atoms with Crippen LogP contribution in [0.3, 0.4) is 0 Å². The summed E-state index contributed by atoms with van der Waals surface area (Å²) in [6.45, 7) is 4.61. The van der Waals surface area contributed by atoms with Crippen molar-refractivity contribution in [3.8, 4) is 5.75 Å². The van der Waals surface area contributed by atoms with Gasteiger partial charge < -0.3 is 15.0 Å². The van der Waals surface area contributed by atoms with Crippen LogP contribution in [0.4, 0.5) is 11.5 Å². The lowest BCUT2D eigenvalue weighted by Crippen LogP contribution is -2.46. The summed E-state index contributed by atoms with van der Waals surface area (Å²) in [7, 11) is 3.56. The smallest absolute Gasteiger partial charge is 0.157 e. The predicted molar refractivity (Wildman–Crippen MR) is 97.1 cm³/mol. The first-order chi connectivity index (χ1) is 11.7. The van der Waals surface area contributed by atoms with E-state index in [0.717, 1.165) is 50.0 Å². The highest BCUT2D eigenvalue weighted by Gasteiger charge is 2.22. The molecule has 1 aliphatic rings. The monoisotopic (exact) mass is 347 g/mol. The Labute approximate surface area is 147 Å². The lowest BCUT2D eigenvalue weighted by Gasteiger charge is -2.36. The molecule has 24 heavy (non-hydrogen) atoms. The van der Waals surface area contributed by atoms with Gasteiger partial charge in [-0.05, 0) is 6.07 Å². The first-order valence-corrected chi connectivity index (χ1v) is 8.38. The van der Waals surface area contributed by atoms with Crippen molar-refractivity contribution in [1.82, 2.24) is 14.9 Å². The molecule has 0 bridgehead atoms. The second-order valence-electron chi connectivity index (χ2n) is 5.69. The number of halogens is 1. The number of nitrogens with zero attached hydrogens (tertiary/aromatic N) is 4. The fraction of sp³-hybridized carbons (Fsp3) is 0.412. The number of aromatic nitrogens is 2. The van der Waals surface area contributed by atoms with Gasteiger partial charge in [0.25, 0.3) is 0 Å². The van der Waals surface area contributed by atoms with E-state index < -0.39 is 0 Å². The molecular weight excluding hydrogens is 326 g/mol. The number of anilines is 2. The molecule has 0 unspecified atom stereocenters. The molecule has 7 heteroatoms. The zero-order valence-corrected chi connectivity index (χ0v) is 14.8. The quantitative estimate of drug-likeness (QED) is 0.839. The van der Waals surface area contributed by atoms with Gasteiger partial charge in [-0.25, -0.2) is 9.97 Å². The van der Waals surface area contributed by atoms with Gasteiger partial charge in [0.05, 0.1) is 7.11 Å². The largest absolute Gasteiger partial charge is 0.496 e. The summed E-state index contributed by atoms with van der Waals surface area (Å²) in [5.74, 6) is 1.81. The van der Waals surface area contributed by atoms with Crippen LogP contribution >= 0.6 is 11.6 Å². The number of hydrogen-bond donors (Lipinski definition) is 1. The normalized spacial score (nSPS) is 15.4. The van der Waals surface area contributed by atoms with Crippen LogP contribution in [0.2, 0.25) is 5.15 Å². The van der Waals surface area contributed by atoms with E-state index in [2.05, 4.69) is 37.2 Å². The summed E-state index contributed by atoms with van der Waals surface area (Å²) < 4.78 is 5.44. The van der Waals surface area contributed by atoms with Crippen LogP contribution in [0, 0.1) is 0 Å². The number of nitrogens with one attached hydrogen (secondary N) is 1. The van der Waals surface area contributed by atoms with Crippen molar-refractivity contribution >= 4 is 23.1 Å². The summed E-state index contributed by atoms with van der Waals surface area (Å²) in [6, 6.07) is 8.18. The third-order valence-electron chi connectivity index (χ3n) is 4.29. The van der Waals surface area contributed by atoms with Gasteiger partial charge in [0, 0.05) is 45.3 Å². The lowest BCUT2D eigenvalue weighted by atomic mass is 10.1. The van der Waals surface area contributed by atoms with Crippen LogP contribution in [-0.2, 0) is 6.54 Å². The van der Waals surface area contributed by atoms with E-state index in [9.17, 15) is 0 Å². The molecule has 1 aromatic carbocycles. The van der Waals surface area contributed by atoms with Crippen LogP contribution in [0.25, 0.3) is 0 Å². The molecule has 1 aliphatic heterocycles. The fourth-order valence-corrected chi connectivity index (χ4v) is 3.23. The van der Waals surface area contributed by atoms with Gasteiger partial charge in [-0.1, -0.05) is 29.8 Å². The Balaban J connectivity index is 1.65. The third kappa shape index (κ3) is 3.55. The maximum Gasteiger partial charge on any atom is 0.157 e. The summed E-state index contributed by atoms with van der Waals surface area (Å²) in [4.78, 5) is 13.1.